The van der Waals surface area contributed by atoms with Crippen molar-refractivity contribution >= 4 is 22.9 Å². The van der Waals surface area contributed by atoms with Gasteiger partial charge in [-0.3, -0.25) is 4.79 Å². The van der Waals surface area contributed by atoms with Crippen molar-refractivity contribution in [3.05, 3.63) is 41.5 Å². The molecule has 1 aromatic rings. The highest BCUT2D eigenvalue weighted by Crippen LogP contribution is 2.22. The summed E-state index contributed by atoms with van der Waals surface area (Å²) in [6.45, 7) is 0. The molecular formula is C9H5ClF2O. The molecule has 13 heavy (non-hydrogen) atoms. The third kappa shape index (κ3) is 2.12. The van der Waals surface area contributed by atoms with Gasteiger partial charge in [-0.05, 0) is 12.1 Å². The summed E-state index contributed by atoms with van der Waals surface area (Å²) < 4.78 is 25.6. The van der Waals surface area contributed by atoms with E-state index in [1.54, 1.807) is 0 Å². The molecule has 1 aromatic carbocycles. The predicted molar refractivity (Wildman–Crippen MR) is 46.3 cm³/mol. The van der Waals surface area contributed by atoms with Crippen molar-refractivity contribution in [2.75, 3.05) is 0 Å². The van der Waals surface area contributed by atoms with E-state index in [1.807, 2.05) is 0 Å². The molecule has 0 fully saturated rings. The Morgan fingerprint density at radius 1 is 1.38 bits per heavy atom. The first kappa shape index (κ1) is 9.86. The van der Waals surface area contributed by atoms with Crippen molar-refractivity contribution in [2.45, 2.75) is 0 Å². The summed E-state index contributed by atoms with van der Waals surface area (Å²) in [5.74, 6) is -2.04. The average Bonchev–Trinajstić information content (AvgIpc) is 2.10. The van der Waals surface area contributed by atoms with Crippen LogP contribution in [0.15, 0.2) is 24.3 Å². The van der Waals surface area contributed by atoms with Gasteiger partial charge >= 0.3 is 0 Å². The Balaban J connectivity index is 3.22. The fourth-order valence-corrected chi connectivity index (χ4v) is 1.04. The number of hydrogen-bond acceptors (Lipinski definition) is 1. The molecule has 0 bridgehead atoms. The molecule has 0 spiro atoms. The maximum absolute atomic E-state index is 13.0. The molecule has 0 unspecified atom stereocenters. The zero-order valence-electron chi connectivity index (χ0n) is 6.43. The summed E-state index contributed by atoms with van der Waals surface area (Å²) >= 11 is 5.51. The van der Waals surface area contributed by atoms with E-state index in [1.165, 1.54) is 12.1 Å². The summed E-state index contributed by atoms with van der Waals surface area (Å²) in [5.41, 5.74) is -0.117. The fourth-order valence-electron chi connectivity index (χ4n) is 0.838. The van der Waals surface area contributed by atoms with Crippen LogP contribution in [0.3, 0.4) is 0 Å². The van der Waals surface area contributed by atoms with Crippen molar-refractivity contribution in [1.82, 2.24) is 0 Å². The van der Waals surface area contributed by atoms with Gasteiger partial charge in [0.05, 0.1) is 5.03 Å². The highest BCUT2D eigenvalue weighted by Gasteiger charge is 2.09. The zero-order chi connectivity index (χ0) is 9.84. The van der Waals surface area contributed by atoms with Crippen LogP contribution in [0.1, 0.15) is 5.56 Å². The average molecular weight is 203 g/mol. The second-order valence-electron chi connectivity index (χ2n) is 2.25. The summed E-state index contributed by atoms with van der Waals surface area (Å²) in [6.07, 6.45) is 1.37. The Hall–Kier alpha value is -1.22. The Morgan fingerprint density at radius 2 is 2.08 bits per heavy atom. The maximum atomic E-state index is 13.0. The number of hydrogen-bond donors (Lipinski definition) is 0. The van der Waals surface area contributed by atoms with E-state index in [9.17, 15) is 13.6 Å². The second kappa shape index (κ2) is 4.14. The molecule has 68 valence electrons. The third-order valence-electron chi connectivity index (χ3n) is 1.42. The van der Waals surface area contributed by atoms with Gasteiger partial charge in [0.1, 0.15) is 6.29 Å². The van der Waals surface area contributed by atoms with Crippen molar-refractivity contribution in [3.8, 4) is 0 Å². The van der Waals surface area contributed by atoms with E-state index in [0.717, 1.165) is 12.1 Å². The lowest BCUT2D eigenvalue weighted by atomic mass is 10.2. The van der Waals surface area contributed by atoms with Crippen LogP contribution in [0, 0.1) is 11.6 Å². The van der Waals surface area contributed by atoms with Gasteiger partial charge in [-0.2, -0.15) is 0 Å². The number of allylic oxidation sites excluding steroid dienone is 1. The van der Waals surface area contributed by atoms with Gasteiger partial charge < -0.3 is 0 Å². The lowest BCUT2D eigenvalue weighted by Crippen LogP contribution is -1.90. The van der Waals surface area contributed by atoms with E-state index in [2.05, 4.69) is 0 Å². The Labute approximate surface area is 78.6 Å². The molecule has 0 amide bonds. The van der Waals surface area contributed by atoms with E-state index < -0.39 is 11.6 Å². The van der Waals surface area contributed by atoms with Crippen LogP contribution < -0.4 is 0 Å². The van der Waals surface area contributed by atoms with Crippen LogP contribution in [0.4, 0.5) is 8.78 Å². The highest BCUT2D eigenvalue weighted by molar-refractivity contribution is 6.49. The van der Waals surface area contributed by atoms with E-state index in [4.69, 9.17) is 11.6 Å². The zero-order valence-corrected chi connectivity index (χ0v) is 7.18. The van der Waals surface area contributed by atoms with Crippen LogP contribution >= 0.6 is 11.6 Å². The van der Waals surface area contributed by atoms with Crippen LogP contribution in [-0.4, -0.2) is 6.29 Å². The summed E-state index contributed by atoms with van der Waals surface area (Å²) in [6, 6.07) is 3.58. The van der Waals surface area contributed by atoms with Crippen LogP contribution in [0.2, 0.25) is 0 Å². The van der Waals surface area contributed by atoms with Gasteiger partial charge in [0, 0.05) is 5.56 Å². The van der Waals surface area contributed by atoms with Gasteiger partial charge in [-0.15, -0.1) is 0 Å². The normalized spacial score (nSPS) is 11.5. The Kier molecular flexibility index (Phi) is 3.14. The molecule has 0 aromatic heterocycles. The lowest BCUT2D eigenvalue weighted by molar-refractivity contribution is -0.104. The van der Waals surface area contributed by atoms with Crippen molar-refractivity contribution in [3.63, 3.8) is 0 Å². The minimum absolute atomic E-state index is 0.117. The number of carbonyl (C=O) groups excluding carboxylic acids is 1. The summed E-state index contributed by atoms with van der Waals surface area (Å²) in [7, 11) is 0. The monoisotopic (exact) mass is 202 g/mol. The lowest BCUT2D eigenvalue weighted by Gasteiger charge is -2.00. The quantitative estimate of drug-likeness (QED) is 0.532. The molecule has 0 heterocycles. The molecule has 1 rings (SSSR count). The molecule has 0 atom stereocenters. The molecule has 0 saturated heterocycles. The second-order valence-corrected chi connectivity index (χ2v) is 2.66. The SMILES string of the molecule is O=C/C=C(\Cl)c1cccc(F)c1F. The van der Waals surface area contributed by atoms with Crippen LogP contribution in [0.5, 0.6) is 0 Å². The number of halogens is 3. The number of rotatable bonds is 2. The number of benzene rings is 1. The fraction of sp³-hybridized carbons (Fsp3) is 0. The van der Waals surface area contributed by atoms with Gasteiger partial charge in [0.2, 0.25) is 0 Å². The van der Waals surface area contributed by atoms with Gasteiger partial charge in [0.15, 0.2) is 11.6 Å². The van der Waals surface area contributed by atoms with Crippen LogP contribution in [-0.2, 0) is 4.79 Å². The molecule has 1 nitrogen and oxygen atoms in total. The number of carbonyl (C=O) groups is 1. The molecule has 0 aliphatic heterocycles. The van der Waals surface area contributed by atoms with Crippen molar-refractivity contribution in [1.29, 1.82) is 0 Å². The smallest absolute Gasteiger partial charge is 0.167 e. The topological polar surface area (TPSA) is 17.1 Å². The number of aldehydes is 1. The van der Waals surface area contributed by atoms with Crippen LogP contribution in [0.25, 0.3) is 5.03 Å². The standard InChI is InChI=1S/C9H5ClF2O/c10-7(4-5-13)6-2-1-3-8(11)9(6)12/h1-5H/b7-4-. The van der Waals surface area contributed by atoms with Gasteiger partial charge in [-0.25, -0.2) is 8.78 Å². The molecule has 0 aliphatic carbocycles. The first-order valence-corrected chi connectivity index (χ1v) is 3.80. The minimum Gasteiger partial charge on any atom is -0.299 e. The first-order valence-electron chi connectivity index (χ1n) is 3.42. The maximum Gasteiger partial charge on any atom is 0.167 e. The first-order chi connectivity index (χ1) is 6.16. The van der Waals surface area contributed by atoms with E-state index in [0.29, 0.717) is 6.29 Å². The predicted octanol–water partition coefficient (Wildman–Crippen LogP) is 2.74. The molecule has 0 N–H and O–H groups in total. The van der Waals surface area contributed by atoms with Gasteiger partial charge in [0.25, 0.3) is 0 Å². The van der Waals surface area contributed by atoms with Crippen molar-refractivity contribution in [2.24, 2.45) is 0 Å². The Morgan fingerprint density at radius 3 is 2.69 bits per heavy atom. The van der Waals surface area contributed by atoms with E-state index in [-0.39, 0.29) is 10.6 Å². The molecule has 0 radical (unpaired) electrons. The molecular weight excluding hydrogens is 198 g/mol. The van der Waals surface area contributed by atoms with Gasteiger partial charge in [-0.1, -0.05) is 23.7 Å². The summed E-state index contributed by atoms with van der Waals surface area (Å²) in [4.78, 5) is 10.0. The molecule has 0 aliphatic rings. The third-order valence-corrected chi connectivity index (χ3v) is 1.75. The van der Waals surface area contributed by atoms with E-state index >= 15 is 0 Å². The molecule has 4 heteroatoms. The molecule has 0 saturated carbocycles. The van der Waals surface area contributed by atoms with Crippen molar-refractivity contribution < 1.29 is 13.6 Å². The Bertz CT molecular complexity index is 361. The minimum atomic E-state index is -1.05. The summed E-state index contributed by atoms with van der Waals surface area (Å²) in [5, 5.41) is -0.119. The highest BCUT2D eigenvalue weighted by atomic mass is 35.5. The largest absolute Gasteiger partial charge is 0.299 e.